The number of rotatable bonds is 2. The molecule has 0 aromatic heterocycles. The monoisotopic (exact) mass is 288 g/mol. The van der Waals surface area contributed by atoms with E-state index >= 15 is 0 Å². The molecule has 1 aromatic rings. The molecule has 0 bridgehead atoms. The van der Waals surface area contributed by atoms with Gasteiger partial charge in [0.2, 0.25) is 11.8 Å². The zero-order chi connectivity index (χ0) is 14.8. The highest BCUT2D eigenvalue weighted by Crippen LogP contribution is 2.31. The van der Waals surface area contributed by atoms with Gasteiger partial charge >= 0.3 is 6.09 Å². The summed E-state index contributed by atoms with van der Waals surface area (Å²) >= 11 is 0. The number of nitrogens with one attached hydrogen (secondary N) is 1. The number of benzene rings is 1. The van der Waals surface area contributed by atoms with Crippen LogP contribution < -0.4 is 5.32 Å². The molecule has 2 saturated heterocycles. The summed E-state index contributed by atoms with van der Waals surface area (Å²) in [7, 11) is 0. The predicted molar refractivity (Wildman–Crippen MR) is 73.1 cm³/mol. The van der Waals surface area contributed by atoms with Gasteiger partial charge < -0.3 is 10.1 Å². The number of carbonyl (C=O) groups is 3. The van der Waals surface area contributed by atoms with Crippen LogP contribution in [0.1, 0.15) is 24.4 Å². The number of amides is 3. The number of cyclic esters (lactones) is 1. The average molecular weight is 288 g/mol. The molecular formula is C15H16N2O4. The van der Waals surface area contributed by atoms with Crippen molar-refractivity contribution in [2.45, 2.75) is 18.9 Å². The molecule has 0 aliphatic carbocycles. The van der Waals surface area contributed by atoms with Crippen LogP contribution >= 0.6 is 0 Å². The highest BCUT2D eigenvalue weighted by Gasteiger charge is 2.40. The molecule has 3 rings (SSSR count). The molecule has 3 amide bonds. The molecule has 2 atom stereocenters. The van der Waals surface area contributed by atoms with Gasteiger partial charge in [0.25, 0.3) is 0 Å². The Morgan fingerprint density at radius 3 is 2.67 bits per heavy atom. The summed E-state index contributed by atoms with van der Waals surface area (Å²) in [4.78, 5) is 36.9. The minimum Gasteiger partial charge on any atom is -0.447 e. The fourth-order valence-corrected chi connectivity index (χ4v) is 2.84. The Labute approximate surface area is 122 Å². The van der Waals surface area contributed by atoms with Crippen molar-refractivity contribution in [3.05, 3.63) is 35.9 Å². The Balaban J connectivity index is 1.86. The van der Waals surface area contributed by atoms with E-state index in [1.54, 1.807) is 0 Å². The Morgan fingerprint density at radius 2 is 2.00 bits per heavy atom. The van der Waals surface area contributed by atoms with Crippen molar-refractivity contribution < 1.29 is 19.1 Å². The molecule has 2 heterocycles. The van der Waals surface area contributed by atoms with Crippen LogP contribution in [-0.4, -0.2) is 36.0 Å². The first-order valence-corrected chi connectivity index (χ1v) is 6.99. The number of ether oxygens (including phenoxy) is 1. The van der Waals surface area contributed by atoms with E-state index < -0.39 is 18.1 Å². The quantitative estimate of drug-likeness (QED) is 0.888. The maximum absolute atomic E-state index is 12.6. The van der Waals surface area contributed by atoms with Gasteiger partial charge in [0.15, 0.2) is 0 Å². The first-order chi connectivity index (χ1) is 10.2. The molecule has 2 fully saturated rings. The molecule has 0 unspecified atom stereocenters. The van der Waals surface area contributed by atoms with Crippen molar-refractivity contribution in [2.75, 3.05) is 13.2 Å². The lowest BCUT2D eigenvalue weighted by molar-refractivity contribution is -0.136. The van der Waals surface area contributed by atoms with Crippen LogP contribution in [0.2, 0.25) is 0 Å². The third kappa shape index (κ3) is 2.61. The molecular weight excluding hydrogens is 272 g/mol. The van der Waals surface area contributed by atoms with Crippen molar-refractivity contribution in [3.63, 3.8) is 0 Å². The molecule has 0 spiro atoms. The molecule has 0 saturated carbocycles. The molecule has 6 nitrogen and oxygen atoms in total. The van der Waals surface area contributed by atoms with Crippen LogP contribution in [0.25, 0.3) is 0 Å². The van der Waals surface area contributed by atoms with Crippen LogP contribution in [0.3, 0.4) is 0 Å². The van der Waals surface area contributed by atoms with Crippen LogP contribution in [0.4, 0.5) is 4.79 Å². The predicted octanol–water partition coefficient (Wildman–Crippen LogP) is 1.23. The van der Waals surface area contributed by atoms with Crippen molar-refractivity contribution in [1.82, 2.24) is 10.2 Å². The van der Waals surface area contributed by atoms with Crippen LogP contribution in [0, 0.1) is 5.92 Å². The van der Waals surface area contributed by atoms with Gasteiger partial charge in [-0.15, -0.1) is 0 Å². The van der Waals surface area contributed by atoms with Gasteiger partial charge in [-0.2, -0.15) is 0 Å². The van der Waals surface area contributed by atoms with Gasteiger partial charge in [-0.25, -0.2) is 9.69 Å². The molecule has 2 aliphatic heterocycles. The fourth-order valence-electron chi connectivity index (χ4n) is 2.84. The maximum atomic E-state index is 12.6. The molecule has 21 heavy (non-hydrogen) atoms. The van der Waals surface area contributed by atoms with E-state index in [1.165, 1.54) is 0 Å². The largest absolute Gasteiger partial charge is 0.447 e. The molecule has 6 heteroatoms. The van der Waals surface area contributed by atoms with Crippen LogP contribution in [-0.2, 0) is 14.3 Å². The second-order valence-corrected chi connectivity index (χ2v) is 5.21. The van der Waals surface area contributed by atoms with Crippen molar-refractivity contribution in [2.24, 2.45) is 5.92 Å². The zero-order valence-electron chi connectivity index (χ0n) is 11.5. The smallest absolute Gasteiger partial charge is 0.416 e. The highest BCUT2D eigenvalue weighted by atomic mass is 16.6. The number of imide groups is 1. The third-order valence-electron chi connectivity index (χ3n) is 3.90. The van der Waals surface area contributed by atoms with E-state index in [-0.39, 0.29) is 25.0 Å². The summed E-state index contributed by atoms with van der Waals surface area (Å²) in [5.41, 5.74) is 0.872. The Hall–Kier alpha value is -2.37. The van der Waals surface area contributed by atoms with Gasteiger partial charge in [-0.3, -0.25) is 9.59 Å². The average Bonchev–Trinajstić information content (AvgIpc) is 2.93. The van der Waals surface area contributed by atoms with Crippen molar-refractivity contribution >= 4 is 17.9 Å². The lowest BCUT2D eigenvalue weighted by atomic mass is 9.85. The summed E-state index contributed by atoms with van der Waals surface area (Å²) in [5, 5.41) is 2.86. The number of nitrogens with zero attached hydrogens (tertiary/aromatic N) is 1. The number of carbonyl (C=O) groups excluding carboxylic acids is 3. The van der Waals surface area contributed by atoms with Gasteiger partial charge in [0, 0.05) is 6.42 Å². The number of piperidine rings is 1. The normalized spacial score (nSPS) is 25.4. The summed E-state index contributed by atoms with van der Waals surface area (Å²) < 4.78 is 4.82. The zero-order valence-corrected chi connectivity index (χ0v) is 11.5. The van der Waals surface area contributed by atoms with E-state index in [1.807, 2.05) is 30.3 Å². The third-order valence-corrected chi connectivity index (χ3v) is 3.90. The Kier molecular flexibility index (Phi) is 3.60. The maximum Gasteiger partial charge on any atom is 0.416 e. The van der Waals surface area contributed by atoms with Gasteiger partial charge in [0.1, 0.15) is 6.61 Å². The molecule has 2 aliphatic rings. The summed E-state index contributed by atoms with van der Waals surface area (Å²) in [5.74, 6) is -0.779. The summed E-state index contributed by atoms with van der Waals surface area (Å²) in [6.45, 7) is 0.517. The Bertz CT molecular complexity index is 572. The minimum atomic E-state index is -0.594. The van der Waals surface area contributed by atoms with E-state index in [4.69, 9.17) is 4.74 Å². The van der Waals surface area contributed by atoms with Crippen molar-refractivity contribution in [3.8, 4) is 0 Å². The topological polar surface area (TPSA) is 75.7 Å². The van der Waals surface area contributed by atoms with Gasteiger partial charge in [-0.1, -0.05) is 30.3 Å². The van der Waals surface area contributed by atoms with E-state index in [0.29, 0.717) is 12.8 Å². The van der Waals surface area contributed by atoms with Gasteiger partial charge in [-0.05, 0) is 12.0 Å². The van der Waals surface area contributed by atoms with E-state index in [9.17, 15) is 14.4 Å². The first kappa shape index (κ1) is 13.6. The summed E-state index contributed by atoms with van der Waals surface area (Å²) in [6.07, 6.45) is 0.139. The molecule has 110 valence electrons. The second-order valence-electron chi connectivity index (χ2n) is 5.21. The van der Waals surface area contributed by atoms with E-state index in [0.717, 1.165) is 10.5 Å². The second kappa shape index (κ2) is 5.55. The van der Waals surface area contributed by atoms with E-state index in [2.05, 4.69) is 5.32 Å². The molecule has 0 radical (unpaired) electrons. The SMILES string of the molecule is O=C1CC[C@H](C(=O)N2CCOC2=O)[C@H](c2ccccc2)N1. The fraction of sp³-hybridized carbons (Fsp3) is 0.400. The highest BCUT2D eigenvalue weighted by molar-refractivity contribution is 5.95. The van der Waals surface area contributed by atoms with Gasteiger partial charge in [0.05, 0.1) is 18.5 Å². The lowest BCUT2D eigenvalue weighted by Crippen LogP contribution is -2.47. The summed E-state index contributed by atoms with van der Waals surface area (Å²) in [6, 6.07) is 8.96. The van der Waals surface area contributed by atoms with Crippen LogP contribution in [0.15, 0.2) is 30.3 Å². The Morgan fingerprint density at radius 1 is 1.24 bits per heavy atom. The standard InChI is InChI=1S/C15H16N2O4/c18-12-7-6-11(14(19)17-8-9-21-15(17)20)13(16-12)10-4-2-1-3-5-10/h1-5,11,13H,6-9H2,(H,16,18)/t11-,13-/m0/s1. The lowest BCUT2D eigenvalue weighted by Gasteiger charge is -2.33. The number of hydrogen-bond acceptors (Lipinski definition) is 4. The first-order valence-electron chi connectivity index (χ1n) is 6.99. The molecule has 1 N–H and O–H groups in total. The molecule has 1 aromatic carbocycles. The van der Waals surface area contributed by atoms with Crippen molar-refractivity contribution in [1.29, 1.82) is 0 Å². The minimum absolute atomic E-state index is 0.0723. The van der Waals surface area contributed by atoms with Crippen LogP contribution in [0.5, 0.6) is 0 Å². The number of hydrogen-bond donors (Lipinski definition) is 1.